The molecule has 1 heterocycles. The molecule has 0 saturated carbocycles. The van der Waals surface area contributed by atoms with E-state index in [0.717, 1.165) is 16.3 Å². The van der Waals surface area contributed by atoms with Gasteiger partial charge in [0, 0.05) is 10.6 Å². The van der Waals surface area contributed by atoms with Gasteiger partial charge in [0.15, 0.2) is 5.11 Å². The summed E-state index contributed by atoms with van der Waals surface area (Å²) >= 11 is 6.80. The van der Waals surface area contributed by atoms with Gasteiger partial charge in [-0.05, 0) is 60.4 Å². The van der Waals surface area contributed by atoms with Crippen molar-refractivity contribution in [1.82, 2.24) is 5.43 Å². The van der Waals surface area contributed by atoms with Crippen molar-refractivity contribution in [1.29, 1.82) is 0 Å². The maximum absolute atomic E-state index is 5.16. The van der Waals surface area contributed by atoms with Crippen molar-refractivity contribution in [3.8, 4) is 5.75 Å². The normalized spacial score (nSPS) is 10.5. The second-order valence-corrected chi connectivity index (χ2v) is 5.38. The van der Waals surface area contributed by atoms with E-state index in [1.165, 1.54) is 5.56 Å². The highest BCUT2D eigenvalue weighted by Gasteiger charge is 1.98. The summed E-state index contributed by atoms with van der Waals surface area (Å²) in [5.41, 5.74) is 4.87. The lowest BCUT2D eigenvalue weighted by atomic mass is 10.3. The van der Waals surface area contributed by atoms with Gasteiger partial charge in [-0.15, -0.1) is 11.3 Å². The number of hydrogen-bond acceptors (Lipinski definition) is 4. The number of thiocarbonyl (C=S) groups is 1. The van der Waals surface area contributed by atoms with Gasteiger partial charge in [0.05, 0.1) is 13.3 Å². The predicted molar refractivity (Wildman–Crippen MR) is 89.0 cm³/mol. The van der Waals surface area contributed by atoms with Gasteiger partial charge in [0.1, 0.15) is 5.75 Å². The molecule has 1 aromatic carbocycles. The summed E-state index contributed by atoms with van der Waals surface area (Å²) in [6, 6.07) is 9.56. The third-order valence-electron chi connectivity index (χ3n) is 2.60. The largest absolute Gasteiger partial charge is 0.497 e. The Morgan fingerprint density at radius 1 is 1.30 bits per heavy atom. The molecule has 1 aromatic heterocycles. The van der Waals surface area contributed by atoms with Gasteiger partial charge in [-0.1, -0.05) is 0 Å². The first-order valence-corrected chi connectivity index (χ1v) is 7.26. The molecule has 2 aromatic rings. The van der Waals surface area contributed by atoms with Crippen LogP contribution in [0.3, 0.4) is 0 Å². The Morgan fingerprint density at radius 3 is 2.65 bits per heavy atom. The molecule has 0 saturated heterocycles. The first-order chi connectivity index (χ1) is 9.69. The number of aryl methyl sites for hydroxylation is 1. The maximum atomic E-state index is 5.16. The number of hydrogen-bond donors (Lipinski definition) is 2. The highest BCUT2D eigenvalue weighted by Crippen LogP contribution is 2.15. The monoisotopic (exact) mass is 305 g/mol. The molecule has 0 aliphatic carbocycles. The molecule has 104 valence electrons. The van der Waals surface area contributed by atoms with Gasteiger partial charge in [-0.3, -0.25) is 5.43 Å². The standard InChI is InChI=1S/C14H15N3OS2/c1-10-7-8-20-13(10)9-15-17-14(19)16-11-3-5-12(18-2)6-4-11/h3-9H,1-2H3,(H2,16,17,19)/b15-9-. The maximum Gasteiger partial charge on any atom is 0.191 e. The Bertz CT molecular complexity index is 605. The van der Waals surface area contributed by atoms with Crippen LogP contribution in [0.25, 0.3) is 0 Å². The average Bonchev–Trinajstić information content (AvgIpc) is 2.85. The van der Waals surface area contributed by atoms with Crippen LogP contribution in [0.1, 0.15) is 10.4 Å². The zero-order valence-electron chi connectivity index (χ0n) is 11.2. The summed E-state index contributed by atoms with van der Waals surface area (Å²) < 4.78 is 5.09. The van der Waals surface area contributed by atoms with Crippen molar-refractivity contribution in [3.05, 3.63) is 46.2 Å². The van der Waals surface area contributed by atoms with E-state index in [9.17, 15) is 0 Å². The van der Waals surface area contributed by atoms with E-state index in [-0.39, 0.29) is 0 Å². The minimum Gasteiger partial charge on any atom is -0.497 e. The Kier molecular flexibility index (Phi) is 5.09. The SMILES string of the molecule is COc1ccc(NC(=S)N/N=C\c2sccc2C)cc1. The average molecular weight is 305 g/mol. The topological polar surface area (TPSA) is 45.6 Å². The number of hydrazone groups is 1. The highest BCUT2D eigenvalue weighted by atomic mass is 32.1. The molecule has 4 nitrogen and oxygen atoms in total. The van der Waals surface area contributed by atoms with Crippen molar-refractivity contribution in [2.45, 2.75) is 6.92 Å². The van der Waals surface area contributed by atoms with Crippen LogP contribution in [0.4, 0.5) is 5.69 Å². The van der Waals surface area contributed by atoms with Crippen LogP contribution in [-0.2, 0) is 0 Å². The third kappa shape index (κ3) is 4.04. The Labute approximate surface area is 127 Å². The predicted octanol–water partition coefficient (Wildman–Crippen LogP) is 3.39. The van der Waals surface area contributed by atoms with E-state index < -0.39 is 0 Å². The number of thiophene rings is 1. The Balaban J connectivity index is 1.86. The van der Waals surface area contributed by atoms with Gasteiger partial charge in [0.2, 0.25) is 0 Å². The second-order valence-electron chi connectivity index (χ2n) is 4.02. The molecular weight excluding hydrogens is 290 g/mol. The zero-order valence-corrected chi connectivity index (χ0v) is 12.8. The molecular formula is C14H15N3OS2. The van der Waals surface area contributed by atoms with Crippen LogP contribution >= 0.6 is 23.6 Å². The van der Waals surface area contributed by atoms with Crippen molar-refractivity contribution in [2.24, 2.45) is 5.10 Å². The van der Waals surface area contributed by atoms with E-state index in [2.05, 4.69) is 21.9 Å². The van der Waals surface area contributed by atoms with Gasteiger partial charge in [-0.2, -0.15) is 5.10 Å². The van der Waals surface area contributed by atoms with Gasteiger partial charge in [-0.25, -0.2) is 0 Å². The van der Waals surface area contributed by atoms with Crippen LogP contribution < -0.4 is 15.5 Å². The number of methoxy groups -OCH3 is 1. The second kappa shape index (κ2) is 7.02. The smallest absolute Gasteiger partial charge is 0.191 e. The van der Waals surface area contributed by atoms with E-state index in [0.29, 0.717) is 5.11 Å². The van der Waals surface area contributed by atoms with Crippen LogP contribution in [0.15, 0.2) is 40.8 Å². The zero-order chi connectivity index (χ0) is 14.4. The quantitative estimate of drug-likeness (QED) is 0.516. The van der Waals surface area contributed by atoms with Crippen LogP contribution in [0.5, 0.6) is 5.75 Å². The van der Waals surface area contributed by atoms with Gasteiger partial charge in [0.25, 0.3) is 0 Å². The summed E-state index contributed by atoms with van der Waals surface area (Å²) in [5.74, 6) is 0.806. The first-order valence-electron chi connectivity index (χ1n) is 5.97. The lowest BCUT2D eigenvalue weighted by Crippen LogP contribution is -2.23. The van der Waals surface area contributed by atoms with Crippen molar-refractivity contribution < 1.29 is 4.74 Å². The molecule has 0 unspecified atom stereocenters. The van der Waals surface area contributed by atoms with Gasteiger partial charge < -0.3 is 10.1 Å². The summed E-state index contributed by atoms with van der Waals surface area (Å²) in [6.45, 7) is 2.05. The molecule has 0 amide bonds. The van der Waals surface area contributed by atoms with Gasteiger partial charge >= 0.3 is 0 Å². The summed E-state index contributed by atoms with van der Waals surface area (Å²) in [6.07, 6.45) is 1.77. The van der Waals surface area contributed by atoms with E-state index >= 15 is 0 Å². The van der Waals surface area contributed by atoms with Crippen LogP contribution in [0.2, 0.25) is 0 Å². The number of nitrogens with zero attached hydrogens (tertiary/aromatic N) is 1. The number of rotatable bonds is 4. The number of benzene rings is 1. The molecule has 2 N–H and O–H groups in total. The molecule has 0 aliphatic heterocycles. The summed E-state index contributed by atoms with van der Waals surface area (Å²) in [4.78, 5) is 1.12. The lowest BCUT2D eigenvalue weighted by Gasteiger charge is -2.07. The minimum absolute atomic E-state index is 0.445. The Morgan fingerprint density at radius 2 is 2.05 bits per heavy atom. The fourth-order valence-corrected chi connectivity index (χ4v) is 2.46. The molecule has 20 heavy (non-hydrogen) atoms. The minimum atomic E-state index is 0.445. The van der Waals surface area contributed by atoms with E-state index in [1.807, 2.05) is 36.6 Å². The molecule has 0 bridgehead atoms. The number of ether oxygens (including phenoxy) is 1. The molecule has 0 aliphatic rings. The summed E-state index contributed by atoms with van der Waals surface area (Å²) in [7, 11) is 1.63. The lowest BCUT2D eigenvalue weighted by molar-refractivity contribution is 0.415. The first kappa shape index (κ1) is 14.5. The molecule has 0 spiro atoms. The summed E-state index contributed by atoms with van der Waals surface area (Å²) in [5, 5.41) is 9.63. The number of anilines is 1. The van der Waals surface area contributed by atoms with Crippen molar-refractivity contribution >= 4 is 40.6 Å². The fourth-order valence-electron chi connectivity index (χ4n) is 1.50. The van der Waals surface area contributed by atoms with Crippen molar-refractivity contribution in [3.63, 3.8) is 0 Å². The molecule has 0 radical (unpaired) electrons. The highest BCUT2D eigenvalue weighted by molar-refractivity contribution is 7.80. The fraction of sp³-hybridized carbons (Fsp3) is 0.143. The van der Waals surface area contributed by atoms with Crippen LogP contribution in [0, 0.1) is 6.92 Å². The Hall–Kier alpha value is -1.92. The van der Waals surface area contributed by atoms with Crippen LogP contribution in [-0.4, -0.2) is 18.4 Å². The molecule has 0 atom stereocenters. The van der Waals surface area contributed by atoms with E-state index in [4.69, 9.17) is 17.0 Å². The third-order valence-corrected chi connectivity index (χ3v) is 3.74. The molecule has 0 fully saturated rings. The molecule has 6 heteroatoms. The molecule has 2 rings (SSSR count). The van der Waals surface area contributed by atoms with E-state index in [1.54, 1.807) is 24.7 Å². The van der Waals surface area contributed by atoms with Crippen molar-refractivity contribution in [2.75, 3.05) is 12.4 Å². The number of nitrogens with one attached hydrogen (secondary N) is 2.